The summed E-state index contributed by atoms with van der Waals surface area (Å²) in [6.45, 7) is 0. The van der Waals surface area contributed by atoms with E-state index in [2.05, 4.69) is 4.98 Å². The van der Waals surface area contributed by atoms with E-state index in [9.17, 15) is 9.18 Å². The van der Waals surface area contributed by atoms with Gasteiger partial charge in [0.05, 0.1) is 18.2 Å². The Balaban J connectivity index is 2.35. The Kier molecular flexibility index (Phi) is 3.36. The number of ether oxygens (including phenoxy) is 1. The summed E-state index contributed by atoms with van der Waals surface area (Å²) in [7, 11) is 1.33. The highest BCUT2D eigenvalue weighted by Crippen LogP contribution is 2.31. The number of hydrogen-bond donors (Lipinski definition) is 0. The van der Waals surface area contributed by atoms with Gasteiger partial charge >= 0.3 is 5.97 Å². The monoisotopic (exact) mass is 281 g/mol. The topological polar surface area (TPSA) is 39.2 Å². The number of aromatic nitrogens is 1. The SMILES string of the molecule is COC(=O)c1cnc2ccccc2c1-c1ccc(F)cc1. The van der Waals surface area contributed by atoms with Crippen LogP contribution in [0.15, 0.2) is 54.7 Å². The molecule has 4 heteroatoms. The quantitative estimate of drug-likeness (QED) is 0.670. The van der Waals surface area contributed by atoms with Crippen LogP contribution in [0.1, 0.15) is 10.4 Å². The Bertz CT molecular complexity index is 813. The fourth-order valence-electron chi connectivity index (χ4n) is 2.33. The molecule has 104 valence electrons. The number of para-hydroxylation sites is 1. The Hall–Kier alpha value is -2.75. The third-order valence-corrected chi connectivity index (χ3v) is 3.31. The van der Waals surface area contributed by atoms with Crippen molar-refractivity contribution in [2.24, 2.45) is 0 Å². The smallest absolute Gasteiger partial charge is 0.340 e. The third-order valence-electron chi connectivity index (χ3n) is 3.31. The predicted octanol–water partition coefficient (Wildman–Crippen LogP) is 3.83. The number of rotatable bonds is 2. The molecule has 3 nitrogen and oxygen atoms in total. The van der Waals surface area contributed by atoms with Gasteiger partial charge in [0.2, 0.25) is 0 Å². The molecule has 0 fully saturated rings. The van der Waals surface area contributed by atoms with E-state index in [1.54, 1.807) is 12.1 Å². The molecule has 0 N–H and O–H groups in total. The standard InChI is InChI=1S/C17H12FNO2/c1-21-17(20)14-10-19-15-5-3-2-4-13(15)16(14)11-6-8-12(18)9-7-11/h2-10H,1H3. The minimum atomic E-state index is -0.465. The molecule has 2 aromatic carbocycles. The summed E-state index contributed by atoms with van der Waals surface area (Å²) in [6, 6.07) is 13.5. The van der Waals surface area contributed by atoms with Crippen LogP contribution in [0.2, 0.25) is 0 Å². The van der Waals surface area contributed by atoms with Crippen molar-refractivity contribution in [3.63, 3.8) is 0 Å². The number of hydrogen-bond acceptors (Lipinski definition) is 3. The zero-order valence-corrected chi connectivity index (χ0v) is 11.3. The lowest BCUT2D eigenvalue weighted by atomic mass is 9.96. The van der Waals surface area contributed by atoms with Gasteiger partial charge in [-0.1, -0.05) is 30.3 Å². The fraction of sp³-hybridized carbons (Fsp3) is 0.0588. The molecule has 21 heavy (non-hydrogen) atoms. The van der Waals surface area contributed by atoms with Gasteiger partial charge in [0.15, 0.2) is 0 Å². The number of fused-ring (bicyclic) bond motifs is 1. The van der Waals surface area contributed by atoms with E-state index < -0.39 is 5.97 Å². The third kappa shape index (κ3) is 2.36. The first-order valence-corrected chi connectivity index (χ1v) is 6.42. The summed E-state index contributed by atoms with van der Waals surface area (Å²) in [6.07, 6.45) is 1.49. The second-order valence-electron chi connectivity index (χ2n) is 4.56. The largest absolute Gasteiger partial charge is 0.465 e. The van der Waals surface area contributed by atoms with Gasteiger partial charge in [0, 0.05) is 17.1 Å². The lowest BCUT2D eigenvalue weighted by molar-refractivity contribution is 0.0601. The molecular formula is C17H12FNO2. The van der Waals surface area contributed by atoms with Gasteiger partial charge in [0.25, 0.3) is 0 Å². The zero-order chi connectivity index (χ0) is 14.8. The summed E-state index contributed by atoms with van der Waals surface area (Å²) in [4.78, 5) is 16.3. The van der Waals surface area contributed by atoms with Crippen molar-refractivity contribution in [2.45, 2.75) is 0 Å². The number of methoxy groups -OCH3 is 1. The molecule has 0 atom stereocenters. The maximum Gasteiger partial charge on any atom is 0.340 e. The highest BCUT2D eigenvalue weighted by Gasteiger charge is 2.17. The molecule has 1 aromatic heterocycles. The van der Waals surface area contributed by atoms with E-state index in [0.29, 0.717) is 11.1 Å². The normalized spacial score (nSPS) is 10.6. The molecule has 0 saturated heterocycles. The van der Waals surface area contributed by atoms with Crippen LogP contribution < -0.4 is 0 Å². The van der Waals surface area contributed by atoms with Crippen LogP contribution in [0.5, 0.6) is 0 Å². The van der Waals surface area contributed by atoms with Gasteiger partial charge in [-0.3, -0.25) is 4.98 Å². The number of halogens is 1. The van der Waals surface area contributed by atoms with Crippen molar-refractivity contribution in [3.8, 4) is 11.1 Å². The number of carbonyl (C=O) groups is 1. The molecule has 0 saturated carbocycles. The van der Waals surface area contributed by atoms with Crippen molar-refractivity contribution in [1.29, 1.82) is 0 Å². The van der Waals surface area contributed by atoms with E-state index in [-0.39, 0.29) is 5.82 Å². The lowest BCUT2D eigenvalue weighted by Crippen LogP contribution is -2.05. The number of nitrogens with zero attached hydrogens (tertiary/aromatic N) is 1. The van der Waals surface area contributed by atoms with Crippen LogP contribution in [0.3, 0.4) is 0 Å². The molecule has 0 bridgehead atoms. The first-order valence-electron chi connectivity index (χ1n) is 6.42. The van der Waals surface area contributed by atoms with Gasteiger partial charge in [-0.15, -0.1) is 0 Å². The highest BCUT2D eigenvalue weighted by atomic mass is 19.1. The Morgan fingerprint density at radius 1 is 1.10 bits per heavy atom. The predicted molar refractivity (Wildman–Crippen MR) is 78.5 cm³/mol. The minimum absolute atomic E-state index is 0.322. The first-order chi connectivity index (χ1) is 10.2. The average Bonchev–Trinajstić information content (AvgIpc) is 2.54. The molecule has 0 aliphatic rings. The Labute approximate surface area is 121 Å². The Morgan fingerprint density at radius 3 is 2.52 bits per heavy atom. The molecule has 0 radical (unpaired) electrons. The second kappa shape index (κ2) is 5.32. The molecule has 0 spiro atoms. The van der Waals surface area contributed by atoms with Crippen LogP contribution in [0, 0.1) is 5.82 Å². The second-order valence-corrected chi connectivity index (χ2v) is 4.56. The number of benzene rings is 2. The summed E-state index contributed by atoms with van der Waals surface area (Å²) in [5.74, 6) is -0.788. The van der Waals surface area contributed by atoms with Crippen molar-refractivity contribution < 1.29 is 13.9 Å². The maximum atomic E-state index is 13.1. The summed E-state index contributed by atoms with van der Waals surface area (Å²) >= 11 is 0. The van der Waals surface area contributed by atoms with Crippen LogP contribution in [-0.2, 0) is 4.74 Å². The van der Waals surface area contributed by atoms with E-state index in [1.807, 2.05) is 24.3 Å². The molecule has 0 amide bonds. The zero-order valence-electron chi connectivity index (χ0n) is 11.3. The number of carbonyl (C=O) groups excluding carboxylic acids is 1. The molecule has 3 aromatic rings. The molecule has 0 unspecified atom stereocenters. The molecule has 0 aliphatic carbocycles. The van der Waals surface area contributed by atoms with Gasteiger partial charge in [-0.25, -0.2) is 9.18 Å². The maximum absolute atomic E-state index is 13.1. The van der Waals surface area contributed by atoms with Crippen molar-refractivity contribution >= 4 is 16.9 Å². The lowest BCUT2D eigenvalue weighted by Gasteiger charge is -2.11. The van der Waals surface area contributed by atoms with E-state index in [0.717, 1.165) is 16.5 Å². The van der Waals surface area contributed by atoms with Crippen LogP contribution in [0.25, 0.3) is 22.0 Å². The van der Waals surface area contributed by atoms with E-state index in [4.69, 9.17) is 4.74 Å². The molecular weight excluding hydrogens is 269 g/mol. The Morgan fingerprint density at radius 2 is 1.81 bits per heavy atom. The molecule has 1 heterocycles. The summed E-state index contributed by atoms with van der Waals surface area (Å²) in [5.41, 5.74) is 2.58. The van der Waals surface area contributed by atoms with Gasteiger partial charge in [-0.05, 0) is 23.8 Å². The van der Waals surface area contributed by atoms with Crippen molar-refractivity contribution in [3.05, 3.63) is 66.1 Å². The molecule has 0 aliphatic heterocycles. The van der Waals surface area contributed by atoms with Crippen LogP contribution >= 0.6 is 0 Å². The van der Waals surface area contributed by atoms with Gasteiger partial charge in [-0.2, -0.15) is 0 Å². The number of pyridine rings is 1. The van der Waals surface area contributed by atoms with Gasteiger partial charge in [0.1, 0.15) is 5.82 Å². The summed E-state index contributed by atoms with van der Waals surface area (Å²) < 4.78 is 18.0. The highest BCUT2D eigenvalue weighted by molar-refractivity contribution is 6.06. The van der Waals surface area contributed by atoms with Crippen LogP contribution in [-0.4, -0.2) is 18.1 Å². The summed E-state index contributed by atoms with van der Waals surface area (Å²) in [5, 5.41) is 0.826. The molecule has 3 rings (SSSR count). The van der Waals surface area contributed by atoms with E-state index in [1.165, 1.54) is 25.4 Å². The van der Waals surface area contributed by atoms with E-state index >= 15 is 0 Å². The van der Waals surface area contributed by atoms with Crippen molar-refractivity contribution in [2.75, 3.05) is 7.11 Å². The minimum Gasteiger partial charge on any atom is -0.465 e. The number of esters is 1. The fourth-order valence-corrected chi connectivity index (χ4v) is 2.33. The first kappa shape index (κ1) is 13.2. The average molecular weight is 281 g/mol. The van der Waals surface area contributed by atoms with Crippen molar-refractivity contribution in [1.82, 2.24) is 4.98 Å². The van der Waals surface area contributed by atoms with Gasteiger partial charge < -0.3 is 4.74 Å². The van der Waals surface area contributed by atoms with Crippen LogP contribution in [0.4, 0.5) is 4.39 Å².